The molecule has 25 heavy (non-hydrogen) atoms. The summed E-state index contributed by atoms with van der Waals surface area (Å²) >= 11 is 0. The Hall–Kier alpha value is -2.28. The van der Waals surface area contributed by atoms with Gasteiger partial charge in [0.2, 0.25) is 7.41 Å². The van der Waals surface area contributed by atoms with Gasteiger partial charge in [-0.1, -0.05) is 38.6 Å². The maximum Gasteiger partial charge on any atom is 0.237 e. The van der Waals surface area contributed by atoms with E-state index in [1.165, 1.54) is 6.32 Å². The largest absolute Gasteiger partial charge is 0.417 e. The first-order valence-electron chi connectivity index (χ1n) is 9.15. The van der Waals surface area contributed by atoms with E-state index in [4.69, 9.17) is 4.99 Å². The number of nitrogens with zero attached hydrogens (tertiary/aromatic N) is 3. The number of allylic oxidation sites excluding steroid dienone is 3. The second-order valence-electron chi connectivity index (χ2n) is 7.09. The molecule has 0 N–H and O–H groups in total. The molecule has 3 nitrogen and oxygen atoms in total. The molecular formula is C21H28BN3. The molecule has 0 spiro atoms. The number of aliphatic imine (C=N–C) groups is 1. The summed E-state index contributed by atoms with van der Waals surface area (Å²) in [6.07, 6.45) is 5.22. The summed E-state index contributed by atoms with van der Waals surface area (Å²) in [6.45, 7) is 13.7. The van der Waals surface area contributed by atoms with Crippen LogP contribution in [0.3, 0.4) is 0 Å². The summed E-state index contributed by atoms with van der Waals surface area (Å²) in [6, 6.07) is 8.51. The standard InChI is InChI=1S/C21H28BN3/c1-6-16(4)24-21(17(5)25-12-11-22-25)19-10-9-18(8-7-15(2)3)20(13-19)14-23/h6,9-10,13,15,22H,5,7-8,11-12H2,1-4H3/b16-6-,24-21+. The van der Waals surface area contributed by atoms with Crippen LogP contribution in [-0.2, 0) is 6.42 Å². The summed E-state index contributed by atoms with van der Waals surface area (Å²) in [5.74, 6) is 0.631. The molecule has 0 atom stereocenters. The van der Waals surface area contributed by atoms with Crippen LogP contribution in [0.5, 0.6) is 0 Å². The van der Waals surface area contributed by atoms with Crippen LogP contribution in [0.25, 0.3) is 0 Å². The number of aryl methyl sites for hydroxylation is 1. The van der Waals surface area contributed by atoms with Gasteiger partial charge in [-0.25, -0.2) is 0 Å². The lowest BCUT2D eigenvalue weighted by Gasteiger charge is -2.34. The summed E-state index contributed by atoms with van der Waals surface area (Å²) < 4.78 is 0. The molecule has 130 valence electrons. The monoisotopic (exact) mass is 333 g/mol. The molecule has 0 aliphatic carbocycles. The van der Waals surface area contributed by atoms with Crippen molar-refractivity contribution in [2.24, 2.45) is 10.9 Å². The minimum atomic E-state index is 0.631. The van der Waals surface area contributed by atoms with E-state index in [9.17, 15) is 5.26 Å². The Balaban J connectivity index is 2.38. The van der Waals surface area contributed by atoms with Gasteiger partial charge in [-0.05, 0) is 57.1 Å². The van der Waals surface area contributed by atoms with Gasteiger partial charge in [-0.3, -0.25) is 4.99 Å². The van der Waals surface area contributed by atoms with Crippen LogP contribution in [0.1, 0.15) is 50.8 Å². The summed E-state index contributed by atoms with van der Waals surface area (Å²) in [4.78, 5) is 7.03. The molecule has 1 aromatic rings. The maximum atomic E-state index is 9.59. The first kappa shape index (κ1) is 19.1. The van der Waals surface area contributed by atoms with Crippen LogP contribution in [0.2, 0.25) is 6.32 Å². The van der Waals surface area contributed by atoms with Crippen LogP contribution < -0.4 is 0 Å². The van der Waals surface area contributed by atoms with Crippen LogP contribution >= 0.6 is 0 Å². The highest BCUT2D eigenvalue weighted by atomic mass is 15.1. The molecule has 0 amide bonds. The minimum absolute atomic E-state index is 0.631. The van der Waals surface area contributed by atoms with E-state index in [1.54, 1.807) is 0 Å². The average molecular weight is 333 g/mol. The molecule has 1 aliphatic rings. The second-order valence-corrected chi connectivity index (χ2v) is 7.09. The van der Waals surface area contributed by atoms with Crippen LogP contribution in [0.15, 0.2) is 47.2 Å². The van der Waals surface area contributed by atoms with E-state index in [-0.39, 0.29) is 0 Å². The van der Waals surface area contributed by atoms with Gasteiger partial charge in [0.15, 0.2) is 0 Å². The van der Waals surface area contributed by atoms with Gasteiger partial charge < -0.3 is 4.81 Å². The Labute approximate surface area is 153 Å². The number of benzene rings is 1. The molecular weight excluding hydrogens is 305 g/mol. The van der Waals surface area contributed by atoms with Gasteiger partial charge in [0.1, 0.15) is 0 Å². The molecule has 1 fully saturated rings. The summed E-state index contributed by atoms with van der Waals surface area (Å²) in [5.41, 5.74) is 5.63. The van der Waals surface area contributed by atoms with Crippen LogP contribution in [0.4, 0.5) is 0 Å². The van der Waals surface area contributed by atoms with Gasteiger partial charge in [-0.15, -0.1) is 0 Å². The highest BCUT2D eigenvalue weighted by molar-refractivity contribution is 6.38. The summed E-state index contributed by atoms with van der Waals surface area (Å²) in [7, 11) is 1.03. The minimum Gasteiger partial charge on any atom is -0.417 e. The van der Waals surface area contributed by atoms with Crippen molar-refractivity contribution in [1.82, 2.24) is 4.81 Å². The van der Waals surface area contributed by atoms with E-state index in [1.807, 2.05) is 26.0 Å². The van der Waals surface area contributed by atoms with Crippen molar-refractivity contribution >= 4 is 13.1 Å². The van der Waals surface area contributed by atoms with Crippen LogP contribution in [0, 0.1) is 17.2 Å². The molecule has 4 heteroatoms. The van der Waals surface area contributed by atoms with Gasteiger partial charge in [0, 0.05) is 17.0 Å². The molecule has 1 aromatic carbocycles. The van der Waals surface area contributed by atoms with Crippen molar-refractivity contribution in [3.05, 3.63) is 58.9 Å². The Morgan fingerprint density at radius 2 is 2.20 bits per heavy atom. The Kier molecular flexibility index (Phi) is 6.64. The fraction of sp³-hybridized carbons (Fsp3) is 0.429. The molecule has 1 saturated heterocycles. The number of hydrogen-bond acceptors (Lipinski definition) is 3. The fourth-order valence-corrected chi connectivity index (χ4v) is 2.76. The van der Waals surface area contributed by atoms with E-state index in [2.05, 4.69) is 43.4 Å². The lowest BCUT2D eigenvalue weighted by atomic mass is 9.75. The predicted octanol–water partition coefficient (Wildman–Crippen LogP) is 4.46. The molecule has 0 bridgehead atoms. The second kappa shape index (κ2) is 8.71. The summed E-state index contributed by atoms with van der Waals surface area (Å²) in [5, 5.41) is 9.59. The average Bonchev–Trinajstić information content (AvgIpc) is 2.55. The zero-order chi connectivity index (χ0) is 18.4. The van der Waals surface area contributed by atoms with Crippen molar-refractivity contribution in [2.45, 2.75) is 46.9 Å². The number of nitriles is 1. The van der Waals surface area contributed by atoms with Crippen molar-refractivity contribution < 1.29 is 0 Å². The SMILES string of the molecule is C=C(/C(=N\C(C)=C/C)c1ccc(CCC(C)C)c(C#N)c1)N1BCC1. The third-order valence-corrected chi connectivity index (χ3v) is 4.71. The predicted molar refractivity (Wildman–Crippen MR) is 108 cm³/mol. The van der Waals surface area contributed by atoms with E-state index in [0.717, 1.165) is 60.6 Å². The lowest BCUT2D eigenvalue weighted by molar-refractivity contribution is 0.534. The Morgan fingerprint density at radius 3 is 2.72 bits per heavy atom. The molecule has 0 unspecified atom stereocenters. The van der Waals surface area contributed by atoms with Crippen molar-refractivity contribution in [3.63, 3.8) is 0 Å². The normalized spacial score (nSPS) is 14.8. The van der Waals surface area contributed by atoms with Crippen LogP contribution in [-0.4, -0.2) is 24.5 Å². The number of hydrogen-bond donors (Lipinski definition) is 0. The highest BCUT2D eigenvalue weighted by Gasteiger charge is 2.22. The zero-order valence-electron chi connectivity index (χ0n) is 16.0. The van der Waals surface area contributed by atoms with Gasteiger partial charge in [0.25, 0.3) is 0 Å². The quantitative estimate of drug-likeness (QED) is 0.546. The van der Waals surface area contributed by atoms with Gasteiger partial charge >= 0.3 is 0 Å². The molecule has 1 heterocycles. The smallest absolute Gasteiger partial charge is 0.237 e. The maximum absolute atomic E-state index is 9.59. The lowest BCUT2D eigenvalue weighted by Crippen LogP contribution is -2.41. The first-order chi connectivity index (χ1) is 12.0. The topological polar surface area (TPSA) is 39.4 Å². The van der Waals surface area contributed by atoms with E-state index >= 15 is 0 Å². The molecule has 1 aliphatic heterocycles. The Bertz CT molecular complexity index is 734. The Morgan fingerprint density at radius 1 is 1.48 bits per heavy atom. The van der Waals surface area contributed by atoms with Crippen molar-refractivity contribution in [3.8, 4) is 6.07 Å². The first-order valence-corrected chi connectivity index (χ1v) is 9.15. The van der Waals surface area contributed by atoms with E-state index in [0.29, 0.717) is 5.92 Å². The highest BCUT2D eigenvalue weighted by Crippen LogP contribution is 2.22. The third-order valence-electron chi connectivity index (χ3n) is 4.71. The van der Waals surface area contributed by atoms with Crippen molar-refractivity contribution in [2.75, 3.05) is 6.54 Å². The third kappa shape index (κ3) is 4.86. The molecule has 0 saturated carbocycles. The fourth-order valence-electron chi connectivity index (χ4n) is 2.76. The van der Waals surface area contributed by atoms with Crippen molar-refractivity contribution in [1.29, 1.82) is 5.26 Å². The molecule has 0 radical (unpaired) electrons. The zero-order valence-corrected chi connectivity index (χ0v) is 16.0. The van der Waals surface area contributed by atoms with Gasteiger partial charge in [0.05, 0.1) is 17.3 Å². The van der Waals surface area contributed by atoms with E-state index < -0.39 is 0 Å². The molecule has 0 aromatic heterocycles. The molecule has 2 rings (SSSR count). The number of rotatable bonds is 7. The van der Waals surface area contributed by atoms with Gasteiger partial charge in [-0.2, -0.15) is 5.26 Å².